The van der Waals surface area contributed by atoms with Gasteiger partial charge in [-0.15, -0.1) is 0 Å². The molecule has 42 heavy (non-hydrogen) atoms. The number of hydrogen-bond donors (Lipinski definition) is 2. The molecule has 0 bridgehead atoms. The lowest BCUT2D eigenvalue weighted by Gasteiger charge is -2.31. The second-order valence-corrected chi connectivity index (χ2v) is 11.3. The molecule has 226 valence electrons. The molecule has 14 heteroatoms. The summed E-state index contributed by atoms with van der Waals surface area (Å²) in [5.41, 5.74) is -1.33. The van der Waals surface area contributed by atoms with E-state index in [-0.39, 0.29) is 33.5 Å². The summed E-state index contributed by atoms with van der Waals surface area (Å²) in [5, 5.41) is 22.5. The Bertz CT molecular complexity index is 1420. The second kappa shape index (κ2) is 13.1. The van der Waals surface area contributed by atoms with Crippen LogP contribution in [0.3, 0.4) is 0 Å². The lowest BCUT2D eigenvalue weighted by atomic mass is 9.84. The summed E-state index contributed by atoms with van der Waals surface area (Å²) in [6.07, 6.45) is 3.96. The van der Waals surface area contributed by atoms with Crippen LogP contribution in [0.2, 0.25) is 10.0 Å². The molecule has 1 aliphatic carbocycles. The Labute approximate surface area is 248 Å². The van der Waals surface area contributed by atoms with E-state index in [0.29, 0.717) is 38.7 Å². The average Bonchev–Trinajstić information content (AvgIpc) is 3.33. The number of benzene rings is 1. The maximum absolute atomic E-state index is 15.1. The molecule has 1 aromatic carbocycles. The fourth-order valence-electron chi connectivity index (χ4n) is 5.38. The fourth-order valence-corrected chi connectivity index (χ4v) is 5.95. The first-order valence-electron chi connectivity index (χ1n) is 13.1. The van der Waals surface area contributed by atoms with E-state index >= 15 is 8.78 Å². The van der Waals surface area contributed by atoms with Gasteiger partial charge in [-0.3, -0.25) is 19.3 Å². The number of ketones is 1. The number of carbonyl (C=O) groups is 2. The number of rotatable bonds is 10. The van der Waals surface area contributed by atoms with Crippen molar-refractivity contribution in [3.05, 3.63) is 80.9 Å². The van der Waals surface area contributed by atoms with Crippen LogP contribution in [0.15, 0.2) is 36.8 Å². The van der Waals surface area contributed by atoms with E-state index in [1.54, 1.807) is 0 Å². The largest absolute Gasteiger partial charge is 0.368 e. The number of nitrogens with zero attached hydrogens (tertiary/aromatic N) is 4. The molecule has 1 aliphatic rings. The van der Waals surface area contributed by atoms with Crippen LogP contribution >= 0.6 is 23.2 Å². The van der Waals surface area contributed by atoms with Gasteiger partial charge in [0.15, 0.2) is 12.1 Å². The van der Waals surface area contributed by atoms with E-state index in [0.717, 1.165) is 27.9 Å². The molecule has 3 aromatic rings. The number of halogens is 6. The van der Waals surface area contributed by atoms with Gasteiger partial charge in [0, 0.05) is 38.3 Å². The summed E-state index contributed by atoms with van der Waals surface area (Å²) < 4.78 is 59.2. The maximum Gasteiger partial charge on any atom is 0.287 e. The Morgan fingerprint density at radius 2 is 1.64 bits per heavy atom. The summed E-state index contributed by atoms with van der Waals surface area (Å²) in [4.78, 5) is 31.8. The maximum atomic E-state index is 15.1. The Morgan fingerprint density at radius 3 is 2.19 bits per heavy atom. The van der Waals surface area contributed by atoms with Crippen molar-refractivity contribution in [3.63, 3.8) is 0 Å². The third-order valence-electron chi connectivity index (χ3n) is 7.20. The second-order valence-electron chi connectivity index (χ2n) is 10.5. The summed E-state index contributed by atoms with van der Waals surface area (Å²) in [7, 11) is 0. The highest BCUT2D eigenvalue weighted by Gasteiger charge is 2.39. The predicted octanol–water partition coefficient (Wildman–Crippen LogP) is 5.93. The average molecular weight is 631 g/mol. The first-order chi connectivity index (χ1) is 19.7. The van der Waals surface area contributed by atoms with Gasteiger partial charge in [-0.2, -0.15) is 13.9 Å². The zero-order valence-corrected chi connectivity index (χ0v) is 23.9. The minimum absolute atomic E-state index is 0.00324. The van der Waals surface area contributed by atoms with Gasteiger partial charge in [0.2, 0.25) is 0 Å². The van der Waals surface area contributed by atoms with E-state index < -0.39 is 65.9 Å². The van der Waals surface area contributed by atoms with Gasteiger partial charge in [0.05, 0.1) is 40.0 Å². The lowest BCUT2D eigenvalue weighted by Crippen LogP contribution is -2.37. The highest BCUT2D eigenvalue weighted by Crippen LogP contribution is 2.39. The zero-order chi connectivity index (χ0) is 30.8. The Morgan fingerprint density at radius 1 is 1.05 bits per heavy atom. The number of hydrogen-bond acceptors (Lipinski definition) is 6. The third-order valence-corrected chi connectivity index (χ3v) is 7.77. The SMILES string of the molecule is CC(F)(F)c1c(C(=O)N(CC(=O)c2c(Cl)cncc2Cl)Cc2cc(F)cc(F)c2)cnn1C1CCC(CC(O)O)CC1. The van der Waals surface area contributed by atoms with Crippen LogP contribution in [-0.4, -0.2) is 54.4 Å². The summed E-state index contributed by atoms with van der Waals surface area (Å²) in [6, 6.07) is 2.07. The number of amides is 1. The Hall–Kier alpha value is -3.06. The van der Waals surface area contributed by atoms with Gasteiger partial charge < -0.3 is 15.1 Å². The van der Waals surface area contributed by atoms with Crippen LogP contribution in [0.5, 0.6) is 0 Å². The molecule has 0 aliphatic heterocycles. The van der Waals surface area contributed by atoms with Gasteiger partial charge >= 0.3 is 0 Å². The summed E-state index contributed by atoms with van der Waals surface area (Å²) >= 11 is 12.2. The molecule has 0 atom stereocenters. The summed E-state index contributed by atoms with van der Waals surface area (Å²) in [6.45, 7) is -0.595. The molecule has 0 saturated heterocycles. The van der Waals surface area contributed by atoms with E-state index in [4.69, 9.17) is 23.2 Å². The number of alkyl halides is 2. The molecule has 0 unspecified atom stereocenters. The fraction of sp³-hybridized carbons (Fsp3) is 0.429. The highest BCUT2D eigenvalue weighted by atomic mass is 35.5. The molecule has 2 heterocycles. The van der Waals surface area contributed by atoms with E-state index in [2.05, 4.69) is 10.1 Å². The number of aliphatic hydroxyl groups is 2. The minimum Gasteiger partial charge on any atom is -0.368 e. The van der Waals surface area contributed by atoms with Crippen LogP contribution in [0.4, 0.5) is 17.6 Å². The van der Waals surface area contributed by atoms with Crippen LogP contribution < -0.4 is 0 Å². The minimum atomic E-state index is -3.53. The number of pyridine rings is 1. The van der Waals surface area contributed by atoms with Gasteiger partial charge in [-0.25, -0.2) is 8.78 Å². The first-order valence-corrected chi connectivity index (χ1v) is 13.9. The lowest BCUT2D eigenvalue weighted by molar-refractivity contribution is -0.0601. The van der Waals surface area contributed by atoms with Gasteiger partial charge in [-0.1, -0.05) is 23.2 Å². The molecule has 1 fully saturated rings. The monoisotopic (exact) mass is 630 g/mol. The normalized spacial score (nSPS) is 17.5. The molecule has 1 saturated carbocycles. The smallest absolute Gasteiger partial charge is 0.287 e. The van der Waals surface area contributed by atoms with Crippen LogP contribution in [0.25, 0.3) is 0 Å². The van der Waals surface area contributed by atoms with Crippen molar-refractivity contribution in [2.45, 2.75) is 63.8 Å². The van der Waals surface area contributed by atoms with E-state index in [9.17, 15) is 28.6 Å². The highest BCUT2D eigenvalue weighted by molar-refractivity contribution is 6.39. The summed E-state index contributed by atoms with van der Waals surface area (Å²) in [5.74, 6) is -7.15. The van der Waals surface area contributed by atoms with Gasteiger partial charge in [-0.05, 0) is 49.3 Å². The standard InChI is InChI=1S/C28H28Cl2F4N4O4/c1-28(33,34)26-20(10-36-38(26)19-4-2-15(3-5-19)8-24(40)41)27(42)37(13-16-6-17(31)9-18(32)7-16)14-23(39)25-21(29)11-35-12-22(25)30/h6-7,9-12,15,19,24,40-41H,2-5,8,13-14H2,1H3. The van der Waals surface area contributed by atoms with Crippen molar-refractivity contribution in [2.75, 3.05) is 6.54 Å². The molecular weight excluding hydrogens is 603 g/mol. The zero-order valence-electron chi connectivity index (χ0n) is 22.4. The molecule has 1 amide bonds. The molecule has 0 radical (unpaired) electrons. The van der Waals surface area contributed by atoms with Crippen molar-refractivity contribution in [3.8, 4) is 0 Å². The Balaban J connectivity index is 1.70. The predicted molar refractivity (Wildman–Crippen MR) is 145 cm³/mol. The Kier molecular flexibility index (Phi) is 9.92. The van der Waals surface area contributed by atoms with Crippen LogP contribution in [0.1, 0.15) is 77.0 Å². The number of aliphatic hydroxyl groups excluding tert-OH is 1. The molecule has 0 spiro atoms. The quantitative estimate of drug-likeness (QED) is 0.163. The molecule has 2 N–H and O–H groups in total. The molecule has 4 rings (SSSR count). The number of Topliss-reactive ketones (excluding diaryl/α,β-unsaturated/α-hetero) is 1. The van der Waals surface area contributed by atoms with Gasteiger partial charge in [0.25, 0.3) is 11.8 Å². The molecular formula is C28H28Cl2F4N4O4. The molecule has 8 nitrogen and oxygen atoms in total. The van der Waals surface area contributed by atoms with Crippen molar-refractivity contribution < 1.29 is 37.4 Å². The van der Waals surface area contributed by atoms with Crippen molar-refractivity contribution in [1.82, 2.24) is 19.7 Å². The van der Waals surface area contributed by atoms with E-state index in [1.807, 2.05) is 0 Å². The van der Waals surface area contributed by atoms with Crippen LogP contribution in [0, 0.1) is 17.6 Å². The number of carbonyl (C=O) groups excluding carboxylic acids is 2. The molecule has 2 aromatic heterocycles. The van der Waals surface area contributed by atoms with Crippen molar-refractivity contribution >= 4 is 34.9 Å². The van der Waals surface area contributed by atoms with Gasteiger partial charge in [0.1, 0.15) is 17.3 Å². The van der Waals surface area contributed by atoms with Crippen LogP contribution in [-0.2, 0) is 12.5 Å². The van der Waals surface area contributed by atoms with Crippen molar-refractivity contribution in [2.24, 2.45) is 5.92 Å². The topological polar surface area (TPSA) is 109 Å². The van der Waals surface area contributed by atoms with E-state index in [1.165, 1.54) is 12.4 Å². The van der Waals surface area contributed by atoms with Crippen molar-refractivity contribution in [1.29, 1.82) is 0 Å². The number of aromatic nitrogens is 3. The first kappa shape index (κ1) is 31.9. The third kappa shape index (κ3) is 7.47.